The van der Waals surface area contributed by atoms with Gasteiger partial charge in [-0.25, -0.2) is 9.79 Å². The molecule has 8 nitrogen and oxygen atoms in total. The summed E-state index contributed by atoms with van der Waals surface area (Å²) in [5.74, 6) is -2.43. The predicted molar refractivity (Wildman–Crippen MR) is 86.5 cm³/mol. The van der Waals surface area contributed by atoms with E-state index in [1.54, 1.807) is 4.90 Å². The van der Waals surface area contributed by atoms with Gasteiger partial charge >= 0.3 is 12.1 Å². The topological polar surface area (TPSA) is 118 Å². The maximum absolute atomic E-state index is 12.0. The standard InChI is InChI=1S/C16H21N3O5/c1-3-19(14(20)23-2)12-6-4-5-10-9-15(8-7-11(10)12)16(21,22)24-13(17)18-15/h4-6,21-22H,3,7-9H2,1-2H3,(H2,17,18). The smallest absolute Gasteiger partial charge is 0.413 e. The molecule has 0 saturated heterocycles. The molecule has 1 unspecified atom stereocenters. The highest BCUT2D eigenvalue weighted by atomic mass is 16.8. The molecule has 0 radical (unpaired) electrons. The Morgan fingerprint density at radius 3 is 2.83 bits per heavy atom. The van der Waals surface area contributed by atoms with Gasteiger partial charge in [-0.15, -0.1) is 0 Å². The highest BCUT2D eigenvalue weighted by Crippen LogP contribution is 2.44. The third kappa shape index (κ3) is 2.38. The van der Waals surface area contributed by atoms with E-state index in [1.807, 2.05) is 25.1 Å². The van der Waals surface area contributed by atoms with Crippen LogP contribution in [-0.4, -0.2) is 47.5 Å². The number of methoxy groups -OCH3 is 1. The zero-order valence-electron chi connectivity index (χ0n) is 13.7. The molecule has 1 heterocycles. The quantitative estimate of drug-likeness (QED) is 0.677. The van der Waals surface area contributed by atoms with Crippen LogP contribution in [0, 0.1) is 0 Å². The van der Waals surface area contributed by atoms with Crippen LogP contribution in [0.3, 0.4) is 0 Å². The van der Waals surface area contributed by atoms with E-state index in [0.717, 1.165) is 16.8 Å². The maximum Gasteiger partial charge on any atom is 0.413 e. The molecular formula is C16H21N3O5. The molecule has 0 aromatic heterocycles. The fourth-order valence-corrected chi connectivity index (χ4v) is 3.49. The van der Waals surface area contributed by atoms with Crippen molar-refractivity contribution in [2.75, 3.05) is 18.6 Å². The molecule has 3 rings (SSSR count). The molecule has 1 spiro atoms. The third-order valence-electron chi connectivity index (χ3n) is 4.70. The average molecular weight is 335 g/mol. The van der Waals surface area contributed by atoms with E-state index in [4.69, 9.17) is 15.2 Å². The van der Waals surface area contributed by atoms with E-state index in [1.165, 1.54) is 7.11 Å². The van der Waals surface area contributed by atoms with E-state index in [2.05, 4.69) is 4.99 Å². The molecule has 1 aliphatic heterocycles. The molecule has 0 fully saturated rings. The van der Waals surface area contributed by atoms with Crippen LogP contribution in [0.2, 0.25) is 0 Å². The molecule has 1 amide bonds. The number of carbonyl (C=O) groups excluding carboxylic acids is 1. The number of fused-ring (bicyclic) bond motifs is 1. The van der Waals surface area contributed by atoms with Gasteiger partial charge in [0.15, 0.2) is 5.54 Å². The van der Waals surface area contributed by atoms with Crippen molar-refractivity contribution in [2.24, 2.45) is 10.7 Å². The van der Waals surface area contributed by atoms with E-state index in [0.29, 0.717) is 19.4 Å². The second-order valence-electron chi connectivity index (χ2n) is 6.00. The number of amides is 1. The predicted octanol–water partition coefficient (Wildman–Crippen LogP) is 0.490. The lowest BCUT2D eigenvalue weighted by atomic mass is 9.76. The summed E-state index contributed by atoms with van der Waals surface area (Å²) in [6.07, 6.45) is 0.657. The van der Waals surface area contributed by atoms with E-state index >= 15 is 0 Å². The highest BCUT2D eigenvalue weighted by molar-refractivity contribution is 5.89. The minimum Gasteiger partial charge on any atom is -0.452 e. The monoisotopic (exact) mass is 335 g/mol. The Morgan fingerprint density at radius 2 is 2.25 bits per heavy atom. The SMILES string of the molecule is CCN(C(=O)OC)c1cccc2c1CCC1(C2)N=C(N)OC1(O)O. The van der Waals surface area contributed by atoms with Crippen LogP contribution >= 0.6 is 0 Å². The number of amidine groups is 1. The van der Waals surface area contributed by atoms with Crippen molar-refractivity contribution in [1.82, 2.24) is 0 Å². The second-order valence-corrected chi connectivity index (χ2v) is 6.00. The van der Waals surface area contributed by atoms with Gasteiger partial charge in [0, 0.05) is 13.0 Å². The first-order chi connectivity index (χ1) is 11.3. The summed E-state index contributed by atoms with van der Waals surface area (Å²) in [5.41, 5.74) is 6.89. The molecule has 1 aromatic carbocycles. The first-order valence-electron chi connectivity index (χ1n) is 7.79. The van der Waals surface area contributed by atoms with Crippen molar-refractivity contribution in [1.29, 1.82) is 0 Å². The number of hydrogen-bond acceptors (Lipinski definition) is 7. The number of ether oxygens (including phenoxy) is 2. The van der Waals surface area contributed by atoms with Crippen LogP contribution in [-0.2, 0) is 22.3 Å². The lowest BCUT2D eigenvalue weighted by Gasteiger charge is -2.38. The van der Waals surface area contributed by atoms with Gasteiger partial charge in [-0.1, -0.05) is 12.1 Å². The maximum atomic E-state index is 12.0. The third-order valence-corrected chi connectivity index (χ3v) is 4.70. The van der Waals surface area contributed by atoms with Gasteiger partial charge in [0.2, 0.25) is 0 Å². The first-order valence-corrected chi connectivity index (χ1v) is 7.79. The summed E-state index contributed by atoms with van der Waals surface area (Å²) in [6, 6.07) is 5.32. The number of benzene rings is 1. The van der Waals surface area contributed by atoms with Gasteiger partial charge in [-0.05, 0) is 37.0 Å². The number of anilines is 1. The fraction of sp³-hybridized carbons (Fsp3) is 0.500. The minimum atomic E-state index is -2.43. The molecule has 24 heavy (non-hydrogen) atoms. The number of nitrogens with zero attached hydrogens (tertiary/aromatic N) is 2. The van der Waals surface area contributed by atoms with E-state index in [9.17, 15) is 15.0 Å². The molecule has 0 saturated carbocycles. The summed E-state index contributed by atoms with van der Waals surface area (Å²) in [6.45, 7) is 2.33. The first kappa shape index (κ1) is 16.5. The van der Waals surface area contributed by atoms with Crippen LogP contribution in [0.15, 0.2) is 23.2 Å². The molecule has 2 aliphatic rings. The Hall–Kier alpha value is -2.32. The normalized spacial score (nSPS) is 24.1. The summed E-state index contributed by atoms with van der Waals surface area (Å²) in [7, 11) is 1.34. The van der Waals surface area contributed by atoms with Crippen LogP contribution in [0.25, 0.3) is 0 Å². The lowest BCUT2D eigenvalue weighted by Crippen LogP contribution is -2.54. The Morgan fingerprint density at radius 1 is 1.50 bits per heavy atom. The number of rotatable bonds is 2. The van der Waals surface area contributed by atoms with Crippen molar-refractivity contribution in [3.05, 3.63) is 29.3 Å². The Bertz CT molecular complexity index is 703. The molecule has 4 N–H and O–H groups in total. The average Bonchev–Trinajstić information content (AvgIpc) is 2.75. The number of nitrogens with two attached hydrogens (primary N) is 1. The van der Waals surface area contributed by atoms with Crippen LogP contribution in [0.4, 0.5) is 10.5 Å². The number of hydrogen-bond donors (Lipinski definition) is 3. The minimum absolute atomic E-state index is 0.232. The van der Waals surface area contributed by atoms with Gasteiger partial charge in [-0.3, -0.25) is 4.90 Å². The Labute approximate surface area is 139 Å². The lowest BCUT2D eigenvalue weighted by molar-refractivity contribution is -0.326. The highest BCUT2D eigenvalue weighted by Gasteiger charge is 2.58. The van der Waals surface area contributed by atoms with Gasteiger partial charge in [0.05, 0.1) is 12.8 Å². The van der Waals surface area contributed by atoms with Crippen molar-refractivity contribution < 1.29 is 24.5 Å². The number of carbonyl (C=O) groups is 1. The summed E-state index contributed by atoms with van der Waals surface area (Å²) in [4.78, 5) is 17.7. The second kappa shape index (κ2) is 5.64. The zero-order chi connectivity index (χ0) is 17.5. The molecule has 1 aliphatic carbocycles. The van der Waals surface area contributed by atoms with Crippen LogP contribution in [0.5, 0.6) is 0 Å². The van der Waals surface area contributed by atoms with Gasteiger partial charge in [0.1, 0.15) is 0 Å². The number of aliphatic imine (C=N–C) groups is 1. The Kier molecular flexibility index (Phi) is 3.89. The molecular weight excluding hydrogens is 314 g/mol. The van der Waals surface area contributed by atoms with Crippen molar-refractivity contribution in [3.63, 3.8) is 0 Å². The van der Waals surface area contributed by atoms with Gasteiger partial charge in [0.25, 0.3) is 6.02 Å². The van der Waals surface area contributed by atoms with Crippen molar-refractivity contribution in [3.8, 4) is 0 Å². The zero-order valence-corrected chi connectivity index (χ0v) is 13.7. The Balaban J connectivity index is 2.01. The van der Waals surface area contributed by atoms with Gasteiger partial charge in [-0.2, -0.15) is 0 Å². The van der Waals surface area contributed by atoms with E-state index in [-0.39, 0.29) is 12.4 Å². The summed E-state index contributed by atoms with van der Waals surface area (Å²) < 4.78 is 9.70. The van der Waals surface area contributed by atoms with Crippen LogP contribution < -0.4 is 10.6 Å². The van der Waals surface area contributed by atoms with E-state index < -0.39 is 17.6 Å². The van der Waals surface area contributed by atoms with Gasteiger partial charge < -0.3 is 25.4 Å². The largest absolute Gasteiger partial charge is 0.452 e. The summed E-state index contributed by atoms with van der Waals surface area (Å²) in [5, 5.41) is 20.3. The molecule has 130 valence electrons. The molecule has 8 heteroatoms. The fourth-order valence-electron chi connectivity index (χ4n) is 3.49. The molecule has 1 aromatic rings. The molecule has 0 bridgehead atoms. The van der Waals surface area contributed by atoms with Crippen molar-refractivity contribution >= 4 is 17.8 Å². The number of aliphatic hydroxyl groups is 2. The van der Waals surface area contributed by atoms with Crippen LogP contribution in [0.1, 0.15) is 24.5 Å². The summed E-state index contributed by atoms with van der Waals surface area (Å²) >= 11 is 0. The van der Waals surface area contributed by atoms with Crippen molar-refractivity contribution in [2.45, 2.75) is 37.7 Å². The molecule has 1 atom stereocenters.